The molecule has 2 aromatic rings. The molecule has 1 aromatic heterocycles. The molecule has 0 N–H and O–H groups in total. The summed E-state index contributed by atoms with van der Waals surface area (Å²) in [5.41, 5.74) is 0.643. The van der Waals surface area contributed by atoms with E-state index in [0.717, 1.165) is 12.5 Å². The molecule has 0 radical (unpaired) electrons. The highest BCUT2D eigenvalue weighted by Crippen LogP contribution is 2.31. The second kappa shape index (κ2) is 5.32. The maximum absolute atomic E-state index is 13.9. The Kier molecular flexibility index (Phi) is 4.05. The second-order valence-corrected chi connectivity index (χ2v) is 6.60. The van der Waals surface area contributed by atoms with Gasteiger partial charge in [0.1, 0.15) is 17.2 Å². The molecule has 2 nitrogen and oxygen atoms in total. The fourth-order valence-corrected chi connectivity index (χ4v) is 2.34. The molecule has 0 aliphatic rings. The molecular weight excluding hydrogens is 282 g/mol. The molecule has 110 valence electrons. The van der Waals surface area contributed by atoms with Gasteiger partial charge in [0.2, 0.25) is 0 Å². The molecule has 0 aliphatic carbocycles. The molecule has 0 amide bonds. The zero-order chi connectivity index (χ0) is 15.1. The molecule has 1 unspecified atom stereocenters. The van der Waals surface area contributed by atoms with E-state index >= 15 is 0 Å². The van der Waals surface area contributed by atoms with Crippen molar-refractivity contribution in [1.29, 1.82) is 0 Å². The average Bonchev–Trinajstić information content (AvgIpc) is 2.68. The molecule has 1 atom stereocenters. The summed E-state index contributed by atoms with van der Waals surface area (Å²) in [7, 11) is 0. The predicted molar refractivity (Wildman–Crippen MR) is 78.0 cm³/mol. The van der Waals surface area contributed by atoms with Crippen molar-refractivity contribution < 1.29 is 8.78 Å². The monoisotopic (exact) mass is 300 g/mol. The maximum atomic E-state index is 13.9. The first-order chi connectivity index (χ1) is 9.25. The average molecular weight is 301 g/mol. The summed E-state index contributed by atoms with van der Waals surface area (Å²) >= 11 is 6.14. The first kappa shape index (κ1) is 15.2. The largest absolute Gasteiger partial charge is 0.326 e. The van der Waals surface area contributed by atoms with Crippen molar-refractivity contribution in [3.05, 3.63) is 29.6 Å². The topological polar surface area (TPSA) is 17.8 Å². The summed E-state index contributed by atoms with van der Waals surface area (Å²) < 4.78 is 29.2. The first-order valence-electron chi connectivity index (χ1n) is 6.74. The zero-order valence-corrected chi connectivity index (χ0v) is 12.9. The highest BCUT2D eigenvalue weighted by atomic mass is 35.5. The number of hydrogen-bond donors (Lipinski definition) is 0. The van der Waals surface area contributed by atoms with Gasteiger partial charge in [0.15, 0.2) is 5.82 Å². The van der Waals surface area contributed by atoms with E-state index in [9.17, 15) is 8.78 Å². The third-order valence-corrected chi connectivity index (χ3v) is 3.90. The van der Waals surface area contributed by atoms with Crippen molar-refractivity contribution in [2.75, 3.05) is 0 Å². The van der Waals surface area contributed by atoms with Crippen LogP contribution >= 0.6 is 11.6 Å². The minimum absolute atomic E-state index is 0.00302. The summed E-state index contributed by atoms with van der Waals surface area (Å²) in [5, 5.41) is -0.363. The van der Waals surface area contributed by atoms with Crippen LogP contribution in [0.5, 0.6) is 0 Å². The standard InChI is InChI=1S/C15H19ClF2N2/c1-5-15(3,4)8-20-12-7-10(17)6-11(18)13(12)19-14(20)9(2)16/h6-7,9H,5,8H2,1-4H3. The van der Waals surface area contributed by atoms with Crippen LogP contribution in [-0.2, 0) is 6.54 Å². The Labute approximate surface area is 122 Å². The Hall–Kier alpha value is -1.16. The lowest BCUT2D eigenvalue weighted by atomic mass is 9.90. The van der Waals surface area contributed by atoms with Gasteiger partial charge in [-0.15, -0.1) is 11.6 Å². The Morgan fingerprint density at radius 3 is 2.55 bits per heavy atom. The summed E-state index contributed by atoms with van der Waals surface area (Å²) in [6.07, 6.45) is 0.945. The lowest BCUT2D eigenvalue weighted by Crippen LogP contribution is -2.20. The third kappa shape index (κ3) is 2.80. The van der Waals surface area contributed by atoms with Crippen molar-refractivity contribution in [2.45, 2.75) is 46.0 Å². The van der Waals surface area contributed by atoms with Crippen molar-refractivity contribution in [1.82, 2.24) is 9.55 Å². The Morgan fingerprint density at radius 1 is 1.35 bits per heavy atom. The van der Waals surface area contributed by atoms with E-state index in [1.807, 2.05) is 4.57 Å². The fourth-order valence-electron chi connectivity index (χ4n) is 2.18. The Balaban J connectivity index is 2.68. The summed E-state index contributed by atoms with van der Waals surface area (Å²) in [5.74, 6) is -0.668. The van der Waals surface area contributed by atoms with Gasteiger partial charge in [-0.2, -0.15) is 0 Å². The quantitative estimate of drug-likeness (QED) is 0.722. The highest BCUT2D eigenvalue weighted by molar-refractivity contribution is 6.20. The normalized spacial score (nSPS) is 13.9. The van der Waals surface area contributed by atoms with Crippen LogP contribution < -0.4 is 0 Å². The van der Waals surface area contributed by atoms with Crippen LogP contribution in [0.15, 0.2) is 12.1 Å². The Bertz CT molecular complexity index is 632. The number of rotatable bonds is 4. The molecule has 0 fully saturated rings. The van der Waals surface area contributed by atoms with Crippen LogP contribution in [0.3, 0.4) is 0 Å². The van der Waals surface area contributed by atoms with Crippen LogP contribution in [0.25, 0.3) is 11.0 Å². The number of halogens is 3. The molecule has 0 spiro atoms. The van der Waals surface area contributed by atoms with Gasteiger partial charge in [0.05, 0.1) is 10.9 Å². The van der Waals surface area contributed by atoms with Crippen LogP contribution in [-0.4, -0.2) is 9.55 Å². The van der Waals surface area contributed by atoms with Gasteiger partial charge in [-0.25, -0.2) is 13.8 Å². The van der Waals surface area contributed by atoms with E-state index in [4.69, 9.17) is 11.6 Å². The van der Waals surface area contributed by atoms with Crippen molar-refractivity contribution in [3.8, 4) is 0 Å². The molecule has 0 aliphatic heterocycles. The number of alkyl halides is 1. The Morgan fingerprint density at radius 2 is 2.00 bits per heavy atom. The molecule has 20 heavy (non-hydrogen) atoms. The first-order valence-corrected chi connectivity index (χ1v) is 7.18. The van der Waals surface area contributed by atoms with Gasteiger partial charge in [-0.3, -0.25) is 0 Å². The van der Waals surface area contributed by atoms with Gasteiger partial charge in [0, 0.05) is 12.6 Å². The lowest BCUT2D eigenvalue weighted by Gasteiger charge is -2.25. The van der Waals surface area contributed by atoms with E-state index in [0.29, 0.717) is 17.9 Å². The number of benzene rings is 1. The number of imidazole rings is 1. The summed E-state index contributed by atoms with van der Waals surface area (Å²) in [6, 6.07) is 2.17. The van der Waals surface area contributed by atoms with Crippen LogP contribution in [0, 0.1) is 17.0 Å². The van der Waals surface area contributed by atoms with E-state index in [2.05, 4.69) is 25.8 Å². The summed E-state index contributed by atoms with van der Waals surface area (Å²) in [6.45, 7) is 8.71. The minimum Gasteiger partial charge on any atom is -0.326 e. The summed E-state index contributed by atoms with van der Waals surface area (Å²) in [4.78, 5) is 4.26. The van der Waals surface area contributed by atoms with E-state index in [1.165, 1.54) is 6.07 Å². The minimum atomic E-state index is -0.647. The number of nitrogens with zero attached hydrogens (tertiary/aromatic N) is 2. The molecule has 1 heterocycles. The number of hydrogen-bond acceptors (Lipinski definition) is 1. The highest BCUT2D eigenvalue weighted by Gasteiger charge is 2.23. The molecule has 2 rings (SSSR count). The SMILES string of the molecule is CCC(C)(C)Cn1c(C(C)Cl)nc2c(F)cc(F)cc21. The van der Waals surface area contributed by atoms with E-state index in [1.54, 1.807) is 6.92 Å². The number of fused-ring (bicyclic) bond motifs is 1. The number of aromatic nitrogens is 2. The zero-order valence-electron chi connectivity index (χ0n) is 12.2. The van der Waals surface area contributed by atoms with Crippen LogP contribution in [0.2, 0.25) is 0 Å². The fraction of sp³-hybridized carbons (Fsp3) is 0.533. The van der Waals surface area contributed by atoms with Crippen molar-refractivity contribution in [3.63, 3.8) is 0 Å². The molecule has 1 aromatic carbocycles. The van der Waals surface area contributed by atoms with Crippen LogP contribution in [0.4, 0.5) is 8.78 Å². The molecule has 0 saturated heterocycles. The van der Waals surface area contributed by atoms with Crippen molar-refractivity contribution in [2.24, 2.45) is 5.41 Å². The molecule has 0 bridgehead atoms. The van der Waals surface area contributed by atoms with Crippen molar-refractivity contribution >= 4 is 22.6 Å². The van der Waals surface area contributed by atoms with Crippen LogP contribution in [0.1, 0.15) is 45.3 Å². The van der Waals surface area contributed by atoms with Gasteiger partial charge in [-0.05, 0) is 24.8 Å². The predicted octanol–water partition coefficient (Wildman–Crippen LogP) is 5.05. The lowest BCUT2D eigenvalue weighted by molar-refractivity contribution is 0.294. The molecule has 0 saturated carbocycles. The molecule has 5 heteroatoms. The third-order valence-electron chi connectivity index (χ3n) is 3.70. The maximum Gasteiger partial charge on any atom is 0.153 e. The van der Waals surface area contributed by atoms with Gasteiger partial charge >= 0.3 is 0 Å². The second-order valence-electron chi connectivity index (χ2n) is 5.95. The van der Waals surface area contributed by atoms with E-state index in [-0.39, 0.29) is 16.3 Å². The van der Waals surface area contributed by atoms with Gasteiger partial charge in [-0.1, -0.05) is 20.8 Å². The molecular formula is C15H19ClF2N2. The smallest absolute Gasteiger partial charge is 0.153 e. The van der Waals surface area contributed by atoms with E-state index < -0.39 is 11.6 Å². The van der Waals surface area contributed by atoms with Gasteiger partial charge in [0.25, 0.3) is 0 Å². The van der Waals surface area contributed by atoms with Gasteiger partial charge < -0.3 is 4.57 Å².